The molecule has 0 unspecified atom stereocenters. The number of alkyl halides is 3. The molecular weight excluding hydrogens is 180 g/mol. The third-order valence-electron chi connectivity index (χ3n) is 1.43. The summed E-state index contributed by atoms with van der Waals surface area (Å²) in [6.07, 6.45) is -4.62. The van der Waals surface area contributed by atoms with Crippen molar-refractivity contribution < 1.29 is 17.9 Å². The number of benzene rings is 1. The molecule has 0 aliphatic rings. The molecule has 0 heterocycles. The third-order valence-corrected chi connectivity index (χ3v) is 1.43. The molecule has 0 atom stereocenters. The number of ether oxygens (including phenoxy) is 1. The summed E-state index contributed by atoms with van der Waals surface area (Å²) >= 11 is 0. The van der Waals surface area contributed by atoms with Gasteiger partial charge in [0.2, 0.25) is 0 Å². The van der Waals surface area contributed by atoms with E-state index in [-0.39, 0.29) is 5.75 Å². The minimum absolute atomic E-state index is 0.192. The lowest BCUT2D eigenvalue weighted by atomic mass is 9.73. The van der Waals surface area contributed by atoms with Crippen LogP contribution in [-0.2, 0) is 0 Å². The van der Waals surface area contributed by atoms with Crippen LogP contribution in [0.15, 0.2) is 24.3 Å². The molecule has 5 heteroatoms. The van der Waals surface area contributed by atoms with E-state index in [9.17, 15) is 13.2 Å². The first-order valence-corrected chi connectivity index (χ1v) is 3.66. The van der Waals surface area contributed by atoms with Gasteiger partial charge in [0.05, 0.1) is 0 Å². The van der Waals surface area contributed by atoms with Crippen LogP contribution in [0.25, 0.3) is 0 Å². The maximum absolute atomic E-state index is 11.7. The topological polar surface area (TPSA) is 9.23 Å². The summed E-state index contributed by atoms with van der Waals surface area (Å²) in [5.41, 5.74) is 0.696. The summed E-state index contributed by atoms with van der Waals surface area (Å²) in [6, 6.07) is 5.80. The first kappa shape index (κ1) is 9.96. The Bertz CT molecular complexity index is 285. The summed E-state index contributed by atoms with van der Waals surface area (Å²) in [7, 11) is 1.70. The molecule has 1 radical (unpaired) electrons. The molecule has 0 fully saturated rings. The Labute approximate surface area is 74.8 Å². The molecule has 69 valence electrons. The van der Waals surface area contributed by atoms with Gasteiger partial charge < -0.3 is 4.74 Å². The summed E-state index contributed by atoms with van der Waals surface area (Å²) in [4.78, 5) is 0. The normalized spacial score (nSPS) is 11.1. The monoisotopic (exact) mass is 187 g/mol. The van der Waals surface area contributed by atoms with Crippen molar-refractivity contribution in [3.8, 4) is 5.75 Å². The number of rotatable bonds is 2. The van der Waals surface area contributed by atoms with E-state index < -0.39 is 6.36 Å². The molecular formula is C8H7BF3O. The van der Waals surface area contributed by atoms with E-state index in [4.69, 9.17) is 0 Å². The molecule has 0 aromatic heterocycles. The minimum atomic E-state index is -4.62. The maximum atomic E-state index is 11.7. The second kappa shape index (κ2) is 3.72. The summed E-state index contributed by atoms with van der Waals surface area (Å²) in [5, 5.41) is 0. The van der Waals surface area contributed by atoms with Gasteiger partial charge in [0.25, 0.3) is 0 Å². The molecule has 0 aliphatic carbocycles. The fourth-order valence-corrected chi connectivity index (χ4v) is 0.891. The molecule has 0 saturated heterocycles. The molecule has 0 spiro atoms. The standard InChI is InChI=1S/C8H7BF3O/c1-9-6-3-2-4-7(5-6)13-8(10,11)12/h2-5H,1H3. The molecule has 0 N–H and O–H groups in total. The highest BCUT2D eigenvalue weighted by Crippen LogP contribution is 2.20. The number of hydrogen-bond acceptors (Lipinski definition) is 1. The molecule has 0 bridgehead atoms. The zero-order chi connectivity index (χ0) is 9.90. The maximum Gasteiger partial charge on any atom is 0.573 e. The van der Waals surface area contributed by atoms with Crippen LogP contribution in [0.1, 0.15) is 0 Å². The van der Waals surface area contributed by atoms with Crippen LogP contribution in [0.3, 0.4) is 0 Å². The van der Waals surface area contributed by atoms with Crippen LogP contribution in [0.5, 0.6) is 5.75 Å². The molecule has 13 heavy (non-hydrogen) atoms. The van der Waals surface area contributed by atoms with Gasteiger partial charge in [0.1, 0.15) is 13.0 Å². The van der Waals surface area contributed by atoms with Gasteiger partial charge in [0.15, 0.2) is 0 Å². The zero-order valence-electron chi connectivity index (χ0n) is 6.93. The van der Waals surface area contributed by atoms with Gasteiger partial charge in [-0.25, -0.2) is 0 Å². The molecule has 1 aromatic carbocycles. The average molecular weight is 187 g/mol. The van der Waals surface area contributed by atoms with Gasteiger partial charge in [-0.05, 0) is 12.1 Å². The largest absolute Gasteiger partial charge is 0.573 e. The highest BCUT2D eigenvalue weighted by molar-refractivity contribution is 6.51. The molecule has 0 aliphatic heterocycles. The third kappa shape index (κ3) is 3.40. The predicted molar refractivity (Wildman–Crippen MR) is 44.4 cm³/mol. The highest BCUT2D eigenvalue weighted by Gasteiger charge is 2.30. The Kier molecular flexibility index (Phi) is 2.85. The lowest BCUT2D eigenvalue weighted by Crippen LogP contribution is -2.19. The van der Waals surface area contributed by atoms with E-state index >= 15 is 0 Å². The highest BCUT2D eigenvalue weighted by atomic mass is 19.4. The van der Waals surface area contributed by atoms with Crippen LogP contribution in [0.4, 0.5) is 13.2 Å². The van der Waals surface area contributed by atoms with Crippen molar-refractivity contribution in [1.29, 1.82) is 0 Å². The zero-order valence-corrected chi connectivity index (χ0v) is 6.93. The first-order valence-electron chi connectivity index (χ1n) is 3.66. The van der Waals surface area contributed by atoms with Crippen molar-refractivity contribution >= 4 is 12.7 Å². The second-order valence-electron chi connectivity index (χ2n) is 2.41. The Balaban J connectivity index is 2.78. The van der Waals surface area contributed by atoms with Crippen LogP contribution in [0, 0.1) is 0 Å². The SMILES string of the molecule is C[B]c1cccc(OC(F)(F)F)c1. The van der Waals surface area contributed by atoms with Crippen molar-refractivity contribution in [1.82, 2.24) is 0 Å². The van der Waals surface area contributed by atoms with E-state index in [1.54, 1.807) is 20.2 Å². The number of halogens is 3. The molecule has 1 nitrogen and oxygen atoms in total. The lowest BCUT2D eigenvalue weighted by Gasteiger charge is -2.09. The Morgan fingerprint density at radius 1 is 1.31 bits per heavy atom. The quantitative estimate of drug-likeness (QED) is 0.643. The summed E-state index contributed by atoms with van der Waals surface area (Å²) < 4.78 is 39.0. The van der Waals surface area contributed by atoms with E-state index in [0.29, 0.717) is 5.46 Å². The first-order chi connectivity index (χ1) is 6.01. The van der Waals surface area contributed by atoms with Gasteiger partial charge >= 0.3 is 6.36 Å². The minimum Gasteiger partial charge on any atom is -0.406 e. The number of hydrogen-bond donors (Lipinski definition) is 0. The van der Waals surface area contributed by atoms with Crippen LogP contribution >= 0.6 is 0 Å². The van der Waals surface area contributed by atoms with Crippen LogP contribution in [0.2, 0.25) is 6.82 Å². The average Bonchev–Trinajstić information content (AvgIpc) is 2.01. The van der Waals surface area contributed by atoms with Crippen LogP contribution < -0.4 is 10.2 Å². The molecule has 0 saturated carbocycles. The second-order valence-corrected chi connectivity index (χ2v) is 2.41. The van der Waals surface area contributed by atoms with Crippen molar-refractivity contribution in [3.63, 3.8) is 0 Å². The van der Waals surface area contributed by atoms with Gasteiger partial charge in [0, 0.05) is 0 Å². The van der Waals surface area contributed by atoms with Gasteiger partial charge in [-0.2, -0.15) is 0 Å². The fraction of sp³-hybridized carbons (Fsp3) is 0.250. The lowest BCUT2D eigenvalue weighted by molar-refractivity contribution is -0.274. The Morgan fingerprint density at radius 3 is 2.54 bits per heavy atom. The van der Waals surface area contributed by atoms with Gasteiger partial charge in [-0.1, -0.05) is 24.4 Å². The summed E-state index contributed by atoms with van der Waals surface area (Å²) in [6.45, 7) is 1.74. The fourth-order valence-electron chi connectivity index (χ4n) is 0.891. The Hall–Kier alpha value is -1.13. The molecule has 0 amide bonds. The predicted octanol–water partition coefficient (Wildman–Crippen LogP) is 1.96. The van der Waals surface area contributed by atoms with E-state index in [0.717, 1.165) is 0 Å². The van der Waals surface area contributed by atoms with E-state index in [2.05, 4.69) is 4.74 Å². The van der Waals surface area contributed by atoms with E-state index in [1.807, 2.05) is 0 Å². The Morgan fingerprint density at radius 2 is 2.00 bits per heavy atom. The van der Waals surface area contributed by atoms with Gasteiger partial charge in [-0.3, -0.25) is 0 Å². The van der Waals surface area contributed by atoms with E-state index in [1.165, 1.54) is 18.2 Å². The van der Waals surface area contributed by atoms with Crippen molar-refractivity contribution in [2.45, 2.75) is 13.2 Å². The van der Waals surface area contributed by atoms with Crippen molar-refractivity contribution in [3.05, 3.63) is 24.3 Å². The van der Waals surface area contributed by atoms with Crippen molar-refractivity contribution in [2.75, 3.05) is 0 Å². The van der Waals surface area contributed by atoms with Gasteiger partial charge in [-0.15, -0.1) is 13.2 Å². The molecule has 1 rings (SSSR count). The molecule has 1 aromatic rings. The smallest absolute Gasteiger partial charge is 0.406 e. The van der Waals surface area contributed by atoms with Crippen molar-refractivity contribution in [2.24, 2.45) is 0 Å². The van der Waals surface area contributed by atoms with Crippen LogP contribution in [-0.4, -0.2) is 13.6 Å². The summed E-state index contributed by atoms with van der Waals surface area (Å²) in [5.74, 6) is -0.192.